The number of fused-ring (bicyclic) bond motifs is 4. The van der Waals surface area contributed by atoms with Crippen LogP contribution in [0.3, 0.4) is 0 Å². The summed E-state index contributed by atoms with van der Waals surface area (Å²) < 4.78 is 0. The van der Waals surface area contributed by atoms with Gasteiger partial charge in [-0.25, -0.2) is 28.6 Å². The minimum absolute atomic E-state index is 0.0243. The average molecular weight is 662 g/mol. The van der Waals surface area contributed by atoms with Gasteiger partial charge in [0.1, 0.15) is 0 Å². The minimum Gasteiger partial charge on any atom is -0.305 e. The first-order valence-corrected chi connectivity index (χ1v) is 25.2. The molecule has 10 heteroatoms. The molecule has 0 saturated carbocycles. The molecular formula is C34H58B4N2P4. The van der Waals surface area contributed by atoms with Crippen LogP contribution in [-0.2, 0) is 24.6 Å². The van der Waals surface area contributed by atoms with Crippen molar-refractivity contribution in [1.29, 1.82) is 0 Å². The van der Waals surface area contributed by atoms with Crippen LogP contribution >= 0.6 is 28.6 Å². The van der Waals surface area contributed by atoms with Crippen LogP contribution < -0.4 is 0 Å². The Balaban J connectivity index is 2.22. The van der Waals surface area contributed by atoms with Crippen LogP contribution in [0.4, 0.5) is 0 Å². The second kappa shape index (κ2) is 13.3. The van der Waals surface area contributed by atoms with Crippen LogP contribution in [0.1, 0.15) is 106 Å². The van der Waals surface area contributed by atoms with E-state index in [1.54, 1.807) is 0 Å². The van der Waals surface area contributed by atoms with Gasteiger partial charge >= 0.3 is 0 Å². The smallest absolute Gasteiger partial charge is 0.0733 e. The highest BCUT2D eigenvalue weighted by atomic mass is 31.2. The molecular weight excluding hydrogens is 604 g/mol. The predicted molar refractivity (Wildman–Crippen MR) is 212 cm³/mol. The van der Waals surface area contributed by atoms with Crippen molar-refractivity contribution in [2.75, 3.05) is 24.6 Å². The molecule has 0 amide bonds. The molecule has 236 valence electrons. The summed E-state index contributed by atoms with van der Waals surface area (Å²) in [5, 5.41) is -0.0970. The fourth-order valence-corrected chi connectivity index (χ4v) is 19.8. The highest BCUT2D eigenvalue weighted by Gasteiger charge is 2.42. The fraction of sp³-hybridized carbons (Fsp3) is 0.706. The maximum absolute atomic E-state index is 7.54. The van der Waals surface area contributed by atoms with Crippen molar-refractivity contribution < 1.29 is 0 Å². The molecule has 44 heavy (non-hydrogen) atoms. The summed E-state index contributed by atoms with van der Waals surface area (Å²) in [6.45, 7) is 27.7. The molecule has 2 nitrogen and oxygen atoms in total. The molecule has 12 radical (unpaired) electrons. The molecule has 4 atom stereocenters. The molecule has 4 unspecified atom stereocenters. The van der Waals surface area contributed by atoms with E-state index in [-0.39, 0.29) is 20.6 Å². The topological polar surface area (TPSA) is 25.8 Å². The number of pyridine rings is 2. The fourth-order valence-electron chi connectivity index (χ4n) is 5.89. The molecule has 2 aromatic rings. The standard InChI is InChI=1S/C34H58B4N2P4/c1-31(2,3)41(35)19-20-42(36,32(4,5)6)24-29-17-14-18-30(40-29)26-44(38,34(10,11)12)22-21-43(37,33(7,8)9)25-28-16-13-15-27(23-41)39-28/h13-18H,19-26H2,1-12H3. The lowest BCUT2D eigenvalue weighted by molar-refractivity contribution is 0.761. The van der Waals surface area contributed by atoms with Crippen molar-refractivity contribution in [3.05, 3.63) is 59.2 Å². The van der Waals surface area contributed by atoms with Gasteiger partial charge < -0.3 is 30.3 Å². The van der Waals surface area contributed by atoms with Crippen LogP contribution in [0.25, 0.3) is 0 Å². The van der Waals surface area contributed by atoms with Crippen LogP contribution in [-0.4, -0.2) is 85.5 Å². The van der Waals surface area contributed by atoms with E-state index in [0.717, 1.165) is 72.1 Å². The van der Waals surface area contributed by atoms with Crippen molar-refractivity contribution >= 4 is 58.8 Å². The Kier molecular flexibility index (Phi) is 11.7. The first-order chi connectivity index (χ1) is 19.7. The van der Waals surface area contributed by atoms with Crippen molar-refractivity contribution in [3.63, 3.8) is 0 Å². The molecule has 0 fully saturated rings. The van der Waals surface area contributed by atoms with Crippen molar-refractivity contribution in [2.24, 2.45) is 0 Å². The normalized spacial score (nSPS) is 30.4. The third kappa shape index (κ3) is 8.84. The molecule has 2 aromatic heterocycles. The van der Waals surface area contributed by atoms with Crippen LogP contribution in [0.15, 0.2) is 36.4 Å². The Bertz CT molecular complexity index is 1110. The number of rotatable bonds is 0. The summed E-state index contributed by atoms with van der Waals surface area (Å²) in [7, 11) is 22.3. The Hall–Kier alpha value is 0.280. The highest BCUT2D eigenvalue weighted by molar-refractivity contribution is 8.01. The largest absolute Gasteiger partial charge is 0.305 e. The Morgan fingerprint density at radius 1 is 0.409 bits per heavy atom. The molecule has 0 aromatic carbocycles. The average Bonchev–Trinajstić information content (AvgIpc) is 2.84. The van der Waals surface area contributed by atoms with Crippen molar-refractivity contribution in [3.8, 4) is 0 Å². The summed E-state index contributed by atoms with van der Waals surface area (Å²) in [5.74, 6) is 0. The molecule has 0 saturated heterocycles. The Labute approximate surface area is 279 Å². The summed E-state index contributed by atoms with van der Waals surface area (Å²) in [4.78, 5) is 10.6. The van der Waals surface area contributed by atoms with E-state index in [9.17, 15) is 0 Å². The molecule has 0 N–H and O–H groups in total. The van der Waals surface area contributed by atoms with Gasteiger partial charge in [-0.15, -0.1) is 0 Å². The van der Waals surface area contributed by atoms with Gasteiger partial charge in [0.2, 0.25) is 0 Å². The minimum atomic E-state index is -1.97. The lowest BCUT2D eigenvalue weighted by Gasteiger charge is -2.54. The van der Waals surface area contributed by atoms with Crippen LogP contribution in [0.2, 0.25) is 0 Å². The third-order valence-corrected chi connectivity index (χ3v) is 29.7. The monoisotopic (exact) mass is 662 g/mol. The van der Waals surface area contributed by atoms with E-state index < -0.39 is 28.6 Å². The van der Waals surface area contributed by atoms with Crippen LogP contribution in [0.5, 0.6) is 0 Å². The quantitative estimate of drug-likeness (QED) is 0.208. The molecule has 3 rings (SSSR count). The van der Waals surface area contributed by atoms with E-state index in [1.165, 1.54) is 0 Å². The van der Waals surface area contributed by atoms with Gasteiger partial charge in [-0.2, -0.15) is 0 Å². The summed E-state index contributed by atoms with van der Waals surface area (Å²) >= 11 is 0. The predicted octanol–water partition coefficient (Wildman–Crippen LogP) is 9.79. The first kappa shape index (κ1) is 38.7. The van der Waals surface area contributed by atoms with Gasteiger partial charge in [-0.3, -0.25) is 9.97 Å². The lowest BCUT2D eigenvalue weighted by atomic mass is 10.2. The zero-order chi connectivity index (χ0) is 33.6. The summed E-state index contributed by atoms with van der Waals surface area (Å²) in [5.41, 5.74) is 4.38. The van der Waals surface area contributed by atoms with E-state index >= 15 is 0 Å². The number of aromatic nitrogens is 2. The number of hydrogen-bond donors (Lipinski definition) is 0. The van der Waals surface area contributed by atoms with E-state index in [2.05, 4.69) is 119 Å². The van der Waals surface area contributed by atoms with Gasteiger partial charge in [0, 0.05) is 45.3 Å². The maximum Gasteiger partial charge on any atom is 0.0733 e. The lowest BCUT2D eigenvalue weighted by Crippen LogP contribution is -2.31. The van der Waals surface area contributed by atoms with Crippen molar-refractivity contribution in [1.82, 2.24) is 9.97 Å². The van der Waals surface area contributed by atoms with E-state index in [1.807, 2.05) is 0 Å². The number of nitrogens with zero attached hydrogens (tertiary/aromatic N) is 2. The summed E-state index contributed by atoms with van der Waals surface area (Å²) in [6, 6.07) is 13.0. The van der Waals surface area contributed by atoms with Crippen molar-refractivity contribution in [2.45, 2.75) is 128 Å². The van der Waals surface area contributed by atoms with Gasteiger partial charge in [0.15, 0.2) is 0 Å². The zero-order valence-electron chi connectivity index (χ0n) is 30.1. The van der Waals surface area contributed by atoms with E-state index in [4.69, 9.17) is 40.2 Å². The zero-order valence-corrected chi connectivity index (χ0v) is 33.7. The van der Waals surface area contributed by atoms with Gasteiger partial charge in [0.25, 0.3) is 0 Å². The molecule has 0 spiro atoms. The number of hydrogen-bond acceptors (Lipinski definition) is 2. The Morgan fingerprint density at radius 3 is 0.750 bits per heavy atom. The summed E-state index contributed by atoms with van der Waals surface area (Å²) in [6.07, 6.45) is 7.04. The molecule has 3 heterocycles. The van der Waals surface area contributed by atoms with Gasteiger partial charge in [-0.05, 0) is 107 Å². The molecule has 4 bridgehead atoms. The third-order valence-electron chi connectivity index (χ3n) is 10.6. The Morgan fingerprint density at radius 2 is 0.591 bits per heavy atom. The first-order valence-electron chi connectivity index (χ1n) is 16.3. The maximum atomic E-state index is 7.54. The molecule has 1 aliphatic rings. The van der Waals surface area contributed by atoms with Crippen LogP contribution in [0, 0.1) is 0 Å². The van der Waals surface area contributed by atoms with E-state index in [0.29, 0.717) is 0 Å². The second-order valence-electron chi connectivity index (χ2n) is 17.6. The van der Waals surface area contributed by atoms with Gasteiger partial charge in [-0.1, -0.05) is 12.1 Å². The van der Waals surface area contributed by atoms with Gasteiger partial charge in [0.05, 0.1) is 47.4 Å². The highest BCUT2D eigenvalue weighted by Crippen LogP contribution is 2.75. The molecule has 0 aliphatic carbocycles. The SMILES string of the molecule is [B-][P+]1(C(C)(C)C)CC[P+]([B-])(C(C)(C)C)Cc2cccc(n2)C[P+]([B-])(C(C)(C)C)CC[P+]([B-])(C(C)(C)C)Cc2cccc(n2)C1. The molecule has 1 aliphatic heterocycles. The second-order valence-corrected chi connectivity index (χ2v) is 34.3.